The van der Waals surface area contributed by atoms with Gasteiger partial charge in [0.25, 0.3) is 0 Å². The summed E-state index contributed by atoms with van der Waals surface area (Å²) in [6.07, 6.45) is -1.47. The first-order valence-electron chi connectivity index (χ1n) is 5.01. The quantitative estimate of drug-likeness (QED) is 0.892. The average Bonchev–Trinajstić information content (AvgIpc) is 2.32. The Bertz CT molecular complexity index is 538. The van der Waals surface area contributed by atoms with Crippen molar-refractivity contribution >= 4 is 5.69 Å². The fourth-order valence-corrected chi connectivity index (χ4v) is 1.33. The molecule has 1 aromatic heterocycles. The molecule has 0 aliphatic rings. The highest BCUT2D eigenvalue weighted by molar-refractivity contribution is 5.51. The van der Waals surface area contributed by atoms with Crippen molar-refractivity contribution in [3.63, 3.8) is 0 Å². The lowest BCUT2D eigenvalue weighted by molar-refractivity contribution is -0.137. The number of benzene rings is 1. The lowest BCUT2D eigenvalue weighted by Crippen LogP contribution is -2.04. The van der Waals surface area contributed by atoms with Gasteiger partial charge in [0, 0.05) is 12.3 Å². The molecule has 1 aromatic carbocycles. The molecule has 0 saturated heterocycles. The summed E-state index contributed by atoms with van der Waals surface area (Å²) >= 11 is 0. The van der Waals surface area contributed by atoms with E-state index in [1.807, 2.05) is 0 Å². The van der Waals surface area contributed by atoms with Crippen molar-refractivity contribution in [2.75, 3.05) is 5.73 Å². The van der Waals surface area contributed by atoms with E-state index in [2.05, 4.69) is 4.98 Å². The van der Waals surface area contributed by atoms with Gasteiger partial charge < -0.3 is 10.5 Å². The van der Waals surface area contributed by atoms with Gasteiger partial charge in [-0.05, 0) is 24.3 Å². The smallest absolute Gasteiger partial charge is 0.416 e. The van der Waals surface area contributed by atoms with Crippen LogP contribution >= 0.6 is 0 Å². The molecule has 6 heteroatoms. The molecule has 18 heavy (non-hydrogen) atoms. The van der Waals surface area contributed by atoms with Crippen LogP contribution in [0.2, 0.25) is 0 Å². The second-order valence-corrected chi connectivity index (χ2v) is 3.54. The number of pyridine rings is 1. The van der Waals surface area contributed by atoms with Crippen molar-refractivity contribution in [3.8, 4) is 11.5 Å². The maximum Gasteiger partial charge on any atom is 0.416 e. The molecule has 0 aliphatic carbocycles. The van der Waals surface area contributed by atoms with Crippen LogP contribution in [0.25, 0.3) is 0 Å². The molecule has 0 amide bonds. The Hall–Kier alpha value is -2.24. The molecule has 2 N–H and O–H groups in total. The molecule has 0 spiro atoms. The molecular weight excluding hydrogens is 245 g/mol. The second kappa shape index (κ2) is 4.56. The third-order valence-corrected chi connectivity index (χ3v) is 2.22. The van der Waals surface area contributed by atoms with E-state index < -0.39 is 11.7 Å². The van der Waals surface area contributed by atoms with Crippen molar-refractivity contribution in [1.29, 1.82) is 0 Å². The number of halogens is 3. The van der Waals surface area contributed by atoms with Crippen molar-refractivity contribution in [2.45, 2.75) is 6.18 Å². The summed E-state index contributed by atoms with van der Waals surface area (Å²) in [5, 5.41) is 0. The molecule has 1 heterocycles. The zero-order valence-electron chi connectivity index (χ0n) is 9.11. The first-order chi connectivity index (χ1) is 8.47. The van der Waals surface area contributed by atoms with Crippen molar-refractivity contribution < 1.29 is 17.9 Å². The van der Waals surface area contributed by atoms with E-state index in [-0.39, 0.29) is 5.75 Å². The Labute approximate surface area is 101 Å². The number of aromatic nitrogens is 1. The zero-order chi connectivity index (χ0) is 13.2. The number of anilines is 1. The summed E-state index contributed by atoms with van der Waals surface area (Å²) in [4.78, 5) is 3.78. The minimum absolute atomic E-state index is 0.279. The number of rotatable bonds is 2. The van der Waals surface area contributed by atoms with Crippen LogP contribution < -0.4 is 10.5 Å². The van der Waals surface area contributed by atoms with Crippen molar-refractivity contribution in [3.05, 3.63) is 48.3 Å². The molecule has 2 rings (SSSR count). The summed E-state index contributed by atoms with van der Waals surface area (Å²) in [5.74, 6) is 0.630. The van der Waals surface area contributed by atoms with Gasteiger partial charge in [-0.1, -0.05) is 0 Å². The molecule has 0 fully saturated rings. The zero-order valence-corrected chi connectivity index (χ0v) is 9.11. The molecule has 0 saturated carbocycles. The molecule has 0 unspecified atom stereocenters. The number of ether oxygens (including phenoxy) is 1. The highest BCUT2D eigenvalue weighted by atomic mass is 19.4. The lowest BCUT2D eigenvalue weighted by Gasteiger charge is -2.09. The van der Waals surface area contributed by atoms with Crippen molar-refractivity contribution in [2.24, 2.45) is 0 Å². The number of hydrogen-bond acceptors (Lipinski definition) is 3. The van der Waals surface area contributed by atoms with Gasteiger partial charge in [-0.25, -0.2) is 0 Å². The van der Waals surface area contributed by atoms with Gasteiger partial charge in [-0.15, -0.1) is 0 Å². The largest absolute Gasteiger partial charge is 0.455 e. The topological polar surface area (TPSA) is 48.1 Å². The van der Waals surface area contributed by atoms with E-state index in [0.29, 0.717) is 11.4 Å². The summed E-state index contributed by atoms with van der Waals surface area (Å²) < 4.78 is 42.4. The van der Waals surface area contributed by atoms with E-state index >= 15 is 0 Å². The standard InChI is InChI=1S/C12H9F3N2O/c13-12(14,15)8-1-3-9(4-2-8)18-11-5-6-17-7-10(11)16/h1-7H,16H2. The first kappa shape index (κ1) is 12.2. The number of nitrogens with zero attached hydrogens (tertiary/aromatic N) is 1. The van der Waals surface area contributed by atoms with E-state index in [1.165, 1.54) is 30.6 Å². The molecule has 2 aromatic rings. The van der Waals surface area contributed by atoms with Crippen LogP contribution in [0.4, 0.5) is 18.9 Å². The molecule has 0 atom stereocenters. The Morgan fingerprint density at radius 2 is 1.72 bits per heavy atom. The van der Waals surface area contributed by atoms with Crippen LogP contribution in [0.15, 0.2) is 42.7 Å². The van der Waals surface area contributed by atoms with Crippen LogP contribution in [-0.2, 0) is 6.18 Å². The number of nitrogens with two attached hydrogens (primary N) is 1. The van der Waals surface area contributed by atoms with Gasteiger partial charge in [0.05, 0.1) is 17.4 Å². The van der Waals surface area contributed by atoms with Gasteiger partial charge in [-0.3, -0.25) is 4.98 Å². The minimum atomic E-state index is -4.35. The van der Waals surface area contributed by atoms with Gasteiger partial charge in [0.15, 0.2) is 5.75 Å². The molecule has 0 bridgehead atoms. The van der Waals surface area contributed by atoms with Crippen molar-refractivity contribution in [1.82, 2.24) is 4.98 Å². The fourth-order valence-electron chi connectivity index (χ4n) is 1.33. The number of nitrogen functional groups attached to an aromatic ring is 1. The summed E-state index contributed by atoms with van der Waals surface area (Å²) in [5.41, 5.74) is 5.19. The fraction of sp³-hybridized carbons (Fsp3) is 0.0833. The summed E-state index contributed by atoms with van der Waals surface area (Å²) in [7, 11) is 0. The number of alkyl halides is 3. The molecule has 3 nitrogen and oxygen atoms in total. The SMILES string of the molecule is Nc1cnccc1Oc1ccc(C(F)(F)F)cc1. The molecular formula is C12H9F3N2O. The molecule has 94 valence electrons. The first-order valence-corrected chi connectivity index (χ1v) is 5.01. The van der Waals surface area contributed by atoms with E-state index in [9.17, 15) is 13.2 Å². The Morgan fingerprint density at radius 1 is 1.06 bits per heavy atom. The van der Waals surface area contributed by atoms with E-state index in [1.54, 1.807) is 0 Å². The maximum absolute atomic E-state index is 12.3. The highest BCUT2D eigenvalue weighted by Gasteiger charge is 2.30. The normalized spacial score (nSPS) is 11.3. The monoisotopic (exact) mass is 254 g/mol. The van der Waals surface area contributed by atoms with Crippen LogP contribution in [0, 0.1) is 0 Å². The highest BCUT2D eigenvalue weighted by Crippen LogP contribution is 2.32. The predicted molar refractivity (Wildman–Crippen MR) is 60.2 cm³/mol. The van der Waals surface area contributed by atoms with Crippen LogP contribution in [0.1, 0.15) is 5.56 Å². The lowest BCUT2D eigenvalue weighted by atomic mass is 10.2. The summed E-state index contributed by atoms with van der Waals surface area (Å²) in [6.45, 7) is 0. The van der Waals surface area contributed by atoms with E-state index in [4.69, 9.17) is 10.5 Å². The third kappa shape index (κ3) is 2.71. The maximum atomic E-state index is 12.3. The van der Waals surface area contributed by atoms with Crippen LogP contribution in [-0.4, -0.2) is 4.98 Å². The van der Waals surface area contributed by atoms with Gasteiger partial charge >= 0.3 is 6.18 Å². The third-order valence-electron chi connectivity index (χ3n) is 2.22. The number of hydrogen-bond donors (Lipinski definition) is 1. The Balaban J connectivity index is 2.19. The Morgan fingerprint density at radius 3 is 2.28 bits per heavy atom. The van der Waals surface area contributed by atoms with Crippen LogP contribution in [0.3, 0.4) is 0 Å². The average molecular weight is 254 g/mol. The molecule has 0 radical (unpaired) electrons. The Kier molecular flexibility index (Phi) is 3.10. The van der Waals surface area contributed by atoms with Crippen LogP contribution in [0.5, 0.6) is 11.5 Å². The summed E-state index contributed by atoms with van der Waals surface area (Å²) in [6, 6.07) is 5.91. The van der Waals surface area contributed by atoms with Gasteiger partial charge in [0.1, 0.15) is 5.75 Å². The molecule has 0 aliphatic heterocycles. The second-order valence-electron chi connectivity index (χ2n) is 3.54. The van der Waals surface area contributed by atoms with Gasteiger partial charge in [0.2, 0.25) is 0 Å². The van der Waals surface area contributed by atoms with E-state index in [0.717, 1.165) is 12.1 Å². The minimum Gasteiger partial charge on any atom is -0.455 e. The van der Waals surface area contributed by atoms with Gasteiger partial charge in [-0.2, -0.15) is 13.2 Å². The predicted octanol–water partition coefficient (Wildman–Crippen LogP) is 3.47.